The molecule has 0 saturated carbocycles. The first-order valence-corrected chi connectivity index (χ1v) is 7.31. The van der Waals surface area contributed by atoms with Gasteiger partial charge in [-0.3, -0.25) is 9.59 Å². The lowest BCUT2D eigenvalue weighted by Gasteiger charge is -2.17. The molecule has 0 aliphatic heterocycles. The monoisotopic (exact) mass is 290 g/mol. The quantitative estimate of drug-likeness (QED) is 0.512. The summed E-state index contributed by atoms with van der Waals surface area (Å²) in [6.45, 7) is 5.71. The zero-order valence-electron chi connectivity index (χ0n) is 11.5. The zero-order chi connectivity index (χ0) is 14.8. The van der Waals surface area contributed by atoms with Crippen molar-refractivity contribution in [3.05, 3.63) is 0 Å². The van der Waals surface area contributed by atoms with E-state index in [0.717, 1.165) is 6.42 Å². The van der Waals surface area contributed by atoms with Crippen LogP contribution in [0.3, 0.4) is 0 Å². The number of thioether (sulfide) groups is 1. The maximum atomic E-state index is 11.7. The standard InChI is InChI=1S/C12H22N2O4S/c1-4-8(2)14-11(16)9(3)19-6-5-10(12(17)18)13-7-15/h7-10H,4-6H2,1-3H3,(H,13,15)(H,14,16)(H,17,18). The van der Waals surface area contributed by atoms with E-state index in [2.05, 4.69) is 10.6 Å². The molecule has 0 heterocycles. The summed E-state index contributed by atoms with van der Waals surface area (Å²) in [5.74, 6) is -0.619. The van der Waals surface area contributed by atoms with Crippen molar-refractivity contribution in [3.8, 4) is 0 Å². The van der Waals surface area contributed by atoms with Crippen molar-refractivity contribution in [2.75, 3.05) is 5.75 Å². The molecule has 3 N–H and O–H groups in total. The van der Waals surface area contributed by atoms with Crippen LogP contribution in [-0.2, 0) is 14.4 Å². The van der Waals surface area contributed by atoms with Crippen LogP contribution in [0.5, 0.6) is 0 Å². The fraction of sp³-hybridized carbons (Fsp3) is 0.750. The molecule has 6 nitrogen and oxygen atoms in total. The molecule has 0 aliphatic rings. The summed E-state index contributed by atoms with van der Waals surface area (Å²) in [7, 11) is 0. The highest BCUT2D eigenvalue weighted by atomic mass is 32.2. The molecule has 2 amide bonds. The Kier molecular flexibility index (Phi) is 9.03. The number of nitrogens with one attached hydrogen (secondary N) is 2. The number of hydrogen-bond acceptors (Lipinski definition) is 4. The third-order valence-electron chi connectivity index (χ3n) is 2.71. The van der Waals surface area contributed by atoms with E-state index >= 15 is 0 Å². The van der Waals surface area contributed by atoms with E-state index in [4.69, 9.17) is 5.11 Å². The molecule has 0 rings (SSSR count). The van der Waals surface area contributed by atoms with E-state index in [1.807, 2.05) is 13.8 Å². The number of carbonyl (C=O) groups is 3. The van der Waals surface area contributed by atoms with Crippen molar-refractivity contribution in [2.24, 2.45) is 0 Å². The molecule has 0 bridgehead atoms. The number of amides is 2. The molecule has 0 aromatic rings. The lowest BCUT2D eigenvalue weighted by atomic mass is 10.2. The first kappa shape index (κ1) is 17.8. The van der Waals surface area contributed by atoms with Crippen molar-refractivity contribution >= 4 is 30.0 Å². The van der Waals surface area contributed by atoms with Gasteiger partial charge in [0.25, 0.3) is 0 Å². The van der Waals surface area contributed by atoms with Crippen molar-refractivity contribution < 1.29 is 19.5 Å². The molecule has 3 unspecified atom stereocenters. The van der Waals surface area contributed by atoms with Gasteiger partial charge in [-0.15, -0.1) is 11.8 Å². The Hall–Kier alpha value is -1.24. The third kappa shape index (κ3) is 7.71. The van der Waals surface area contributed by atoms with E-state index in [-0.39, 0.29) is 17.2 Å². The van der Waals surface area contributed by atoms with E-state index in [1.54, 1.807) is 6.92 Å². The van der Waals surface area contributed by atoms with Crippen LogP contribution in [0, 0.1) is 0 Å². The first-order valence-electron chi connectivity index (χ1n) is 6.26. The van der Waals surface area contributed by atoms with Crippen molar-refractivity contribution in [3.63, 3.8) is 0 Å². The number of carbonyl (C=O) groups excluding carboxylic acids is 2. The minimum Gasteiger partial charge on any atom is -0.480 e. The van der Waals surface area contributed by atoms with Crippen LogP contribution in [0.1, 0.15) is 33.6 Å². The summed E-state index contributed by atoms with van der Waals surface area (Å²) in [5.41, 5.74) is 0. The first-order chi connectivity index (χ1) is 8.92. The molecule has 0 aromatic heterocycles. The summed E-state index contributed by atoms with van der Waals surface area (Å²) in [4.78, 5) is 32.7. The average Bonchev–Trinajstić information content (AvgIpc) is 2.36. The van der Waals surface area contributed by atoms with Gasteiger partial charge in [-0.1, -0.05) is 6.92 Å². The molecule has 7 heteroatoms. The predicted molar refractivity (Wildman–Crippen MR) is 75.1 cm³/mol. The van der Waals surface area contributed by atoms with Gasteiger partial charge in [0.2, 0.25) is 12.3 Å². The van der Waals surface area contributed by atoms with Crippen molar-refractivity contribution in [1.29, 1.82) is 0 Å². The topological polar surface area (TPSA) is 95.5 Å². The minimum absolute atomic E-state index is 0.0467. The predicted octanol–water partition coefficient (Wildman–Crippen LogP) is 0.612. The molecular formula is C12H22N2O4S. The molecule has 0 spiro atoms. The van der Waals surface area contributed by atoms with Gasteiger partial charge in [0, 0.05) is 6.04 Å². The summed E-state index contributed by atoms with van der Waals surface area (Å²) in [6, 6.07) is -0.756. The summed E-state index contributed by atoms with van der Waals surface area (Å²) >= 11 is 1.38. The Bertz CT molecular complexity index is 312. The SMILES string of the molecule is CCC(C)NC(=O)C(C)SCCC(NC=O)C(=O)O. The van der Waals surface area contributed by atoms with Crippen LogP contribution in [-0.4, -0.2) is 46.5 Å². The number of hydrogen-bond donors (Lipinski definition) is 3. The van der Waals surface area contributed by atoms with Gasteiger partial charge >= 0.3 is 5.97 Å². The lowest BCUT2D eigenvalue weighted by molar-refractivity contribution is -0.140. The number of carboxylic acid groups (broad SMARTS) is 1. The van der Waals surface area contributed by atoms with Crippen LogP contribution in [0.25, 0.3) is 0 Å². The number of aliphatic carboxylic acids is 1. The Morgan fingerprint density at radius 1 is 1.37 bits per heavy atom. The minimum atomic E-state index is -1.07. The maximum Gasteiger partial charge on any atom is 0.326 e. The lowest BCUT2D eigenvalue weighted by Crippen LogP contribution is -2.38. The van der Waals surface area contributed by atoms with E-state index < -0.39 is 12.0 Å². The molecule has 0 aromatic carbocycles. The highest BCUT2D eigenvalue weighted by molar-refractivity contribution is 8.00. The molecular weight excluding hydrogens is 268 g/mol. The molecule has 0 aliphatic carbocycles. The fourth-order valence-corrected chi connectivity index (χ4v) is 2.21. The van der Waals surface area contributed by atoms with Crippen molar-refractivity contribution in [1.82, 2.24) is 10.6 Å². The summed E-state index contributed by atoms with van der Waals surface area (Å²) < 4.78 is 0. The van der Waals surface area contributed by atoms with Gasteiger partial charge < -0.3 is 15.7 Å². The molecule has 0 radical (unpaired) electrons. The second-order valence-electron chi connectivity index (χ2n) is 4.29. The van der Waals surface area contributed by atoms with Gasteiger partial charge in [0.15, 0.2) is 0 Å². The Morgan fingerprint density at radius 3 is 2.47 bits per heavy atom. The molecule has 3 atom stereocenters. The molecule has 19 heavy (non-hydrogen) atoms. The largest absolute Gasteiger partial charge is 0.480 e. The summed E-state index contributed by atoms with van der Waals surface area (Å²) in [6.07, 6.45) is 1.54. The van der Waals surface area contributed by atoms with Gasteiger partial charge in [-0.2, -0.15) is 0 Å². The van der Waals surface area contributed by atoms with E-state index in [1.165, 1.54) is 11.8 Å². The van der Waals surface area contributed by atoms with Gasteiger partial charge in [-0.25, -0.2) is 4.79 Å². The van der Waals surface area contributed by atoms with Crippen LogP contribution in [0.4, 0.5) is 0 Å². The Labute approximate surface area is 117 Å². The van der Waals surface area contributed by atoms with Gasteiger partial charge in [0.05, 0.1) is 5.25 Å². The highest BCUT2D eigenvalue weighted by Crippen LogP contribution is 2.13. The van der Waals surface area contributed by atoms with Gasteiger partial charge in [-0.05, 0) is 32.4 Å². The molecule has 0 fully saturated rings. The molecule has 0 saturated heterocycles. The molecule has 110 valence electrons. The van der Waals surface area contributed by atoms with Crippen LogP contribution in [0.15, 0.2) is 0 Å². The fourth-order valence-electron chi connectivity index (χ4n) is 1.26. The number of carboxylic acids is 1. The Balaban J connectivity index is 4.01. The van der Waals surface area contributed by atoms with E-state index in [9.17, 15) is 14.4 Å². The second kappa shape index (κ2) is 9.66. The zero-order valence-corrected chi connectivity index (χ0v) is 12.3. The normalized spacial score (nSPS) is 15.1. The van der Waals surface area contributed by atoms with Crippen LogP contribution >= 0.6 is 11.8 Å². The average molecular weight is 290 g/mol. The third-order valence-corrected chi connectivity index (χ3v) is 3.90. The summed E-state index contributed by atoms with van der Waals surface area (Å²) in [5, 5.41) is 13.7. The van der Waals surface area contributed by atoms with E-state index in [0.29, 0.717) is 18.6 Å². The maximum absolute atomic E-state index is 11.7. The number of rotatable bonds is 10. The Morgan fingerprint density at radius 2 is 2.00 bits per heavy atom. The highest BCUT2D eigenvalue weighted by Gasteiger charge is 2.19. The van der Waals surface area contributed by atoms with Crippen LogP contribution < -0.4 is 10.6 Å². The van der Waals surface area contributed by atoms with Crippen LogP contribution in [0.2, 0.25) is 0 Å². The smallest absolute Gasteiger partial charge is 0.326 e. The van der Waals surface area contributed by atoms with Crippen molar-refractivity contribution in [2.45, 2.75) is 50.9 Å². The second-order valence-corrected chi connectivity index (χ2v) is 5.74. The van der Waals surface area contributed by atoms with Gasteiger partial charge in [0.1, 0.15) is 6.04 Å².